The Morgan fingerprint density at radius 3 is 2.85 bits per heavy atom. The van der Waals surface area contributed by atoms with E-state index in [-0.39, 0.29) is 11.9 Å². The van der Waals surface area contributed by atoms with Crippen molar-refractivity contribution in [2.24, 2.45) is 0 Å². The summed E-state index contributed by atoms with van der Waals surface area (Å²) in [6, 6.07) is 11.2. The number of rotatable bonds is 2. The number of thioether (sulfide) groups is 1. The van der Waals surface area contributed by atoms with Crippen molar-refractivity contribution in [1.29, 1.82) is 0 Å². The molecule has 0 amide bonds. The van der Waals surface area contributed by atoms with Crippen molar-refractivity contribution in [3.63, 3.8) is 0 Å². The fraction of sp³-hybridized carbons (Fsp3) is 0.250. The maximum atomic E-state index is 13.9. The average molecular weight is 308 g/mol. The normalized spacial score (nSPS) is 17.6. The highest BCUT2D eigenvalue weighted by molar-refractivity contribution is 7.99. The van der Waals surface area contributed by atoms with Gasteiger partial charge in [0.25, 0.3) is 0 Å². The van der Waals surface area contributed by atoms with Gasteiger partial charge in [0.2, 0.25) is 0 Å². The summed E-state index contributed by atoms with van der Waals surface area (Å²) in [4.78, 5) is 0.765. The van der Waals surface area contributed by atoms with Gasteiger partial charge >= 0.3 is 0 Å². The number of hydrogen-bond acceptors (Lipinski definition) is 2. The standard InChI is InChI=1S/C16H15ClFNS/c1-10-4-2-6-12(17)15(10)19-14-8-9-20-16-11(14)5-3-7-13(16)18/h2-7,14,19H,8-9H2,1H3. The molecule has 1 heterocycles. The molecule has 1 N–H and O–H groups in total. The van der Waals surface area contributed by atoms with E-state index in [0.717, 1.165) is 33.9 Å². The lowest BCUT2D eigenvalue weighted by molar-refractivity contribution is 0.585. The van der Waals surface area contributed by atoms with Crippen LogP contribution in [0, 0.1) is 12.7 Å². The van der Waals surface area contributed by atoms with Crippen LogP contribution < -0.4 is 5.32 Å². The maximum absolute atomic E-state index is 13.9. The number of halogens is 2. The van der Waals surface area contributed by atoms with Gasteiger partial charge in [0.1, 0.15) is 5.82 Å². The van der Waals surface area contributed by atoms with Gasteiger partial charge in [0.05, 0.1) is 16.8 Å². The van der Waals surface area contributed by atoms with Crippen molar-refractivity contribution in [3.05, 3.63) is 58.4 Å². The number of hydrogen-bond donors (Lipinski definition) is 1. The molecule has 1 nitrogen and oxygen atoms in total. The molecule has 4 heteroatoms. The summed E-state index contributed by atoms with van der Waals surface area (Å²) in [6.45, 7) is 2.03. The number of para-hydroxylation sites is 1. The third-order valence-electron chi connectivity index (χ3n) is 3.57. The van der Waals surface area contributed by atoms with E-state index < -0.39 is 0 Å². The number of anilines is 1. The Labute approximate surface area is 127 Å². The van der Waals surface area contributed by atoms with E-state index in [1.54, 1.807) is 17.8 Å². The molecule has 2 aromatic carbocycles. The SMILES string of the molecule is Cc1cccc(Cl)c1NC1CCSc2c(F)cccc21. The van der Waals surface area contributed by atoms with Gasteiger partial charge in [-0.05, 0) is 36.6 Å². The average Bonchev–Trinajstić information content (AvgIpc) is 2.44. The van der Waals surface area contributed by atoms with Crippen molar-refractivity contribution in [3.8, 4) is 0 Å². The molecule has 0 aliphatic carbocycles. The van der Waals surface area contributed by atoms with Crippen LogP contribution in [0.3, 0.4) is 0 Å². The van der Waals surface area contributed by atoms with E-state index >= 15 is 0 Å². The second-order valence-electron chi connectivity index (χ2n) is 4.92. The zero-order chi connectivity index (χ0) is 14.1. The van der Waals surface area contributed by atoms with Crippen LogP contribution in [-0.4, -0.2) is 5.75 Å². The van der Waals surface area contributed by atoms with E-state index in [2.05, 4.69) is 5.32 Å². The number of fused-ring (bicyclic) bond motifs is 1. The molecule has 1 unspecified atom stereocenters. The van der Waals surface area contributed by atoms with Gasteiger partial charge in [-0.15, -0.1) is 11.8 Å². The lowest BCUT2D eigenvalue weighted by Gasteiger charge is -2.28. The molecule has 1 aliphatic heterocycles. The molecule has 20 heavy (non-hydrogen) atoms. The minimum atomic E-state index is -0.130. The quantitative estimate of drug-likeness (QED) is 0.793. The van der Waals surface area contributed by atoms with Gasteiger partial charge in [0, 0.05) is 10.6 Å². The van der Waals surface area contributed by atoms with Crippen molar-refractivity contribution in [2.45, 2.75) is 24.3 Å². The van der Waals surface area contributed by atoms with Gasteiger partial charge in [-0.1, -0.05) is 35.9 Å². The summed E-state index contributed by atoms with van der Waals surface area (Å²) in [5.41, 5.74) is 3.08. The Hall–Kier alpha value is -1.19. The first-order chi connectivity index (χ1) is 9.66. The molecular weight excluding hydrogens is 293 g/mol. The number of nitrogens with one attached hydrogen (secondary N) is 1. The van der Waals surface area contributed by atoms with Crippen molar-refractivity contribution in [2.75, 3.05) is 11.1 Å². The van der Waals surface area contributed by atoms with Crippen molar-refractivity contribution >= 4 is 29.1 Å². The summed E-state index contributed by atoms with van der Waals surface area (Å²) in [5, 5.41) is 4.20. The van der Waals surface area contributed by atoms with E-state index in [0.29, 0.717) is 5.02 Å². The molecule has 0 saturated heterocycles. The minimum Gasteiger partial charge on any atom is -0.377 e. The van der Waals surface area contributed by atoms with Gasteiger partial charge in [-0.2, -0.15) is 0 Å². The zero-order valence-corrected chi connectivity index (χ0v) is 12.7. The predicted octanol–water partition coefficient (Wildman–Crippen LogP) is 5.44. The van der Waals surface area contributed by atoms with Crippen LogP contribution in [0.4, 0.5) is 10.1 Å². The first-order valence-corrected chi connectivity index (χ1v) is 7.96. The fourth-order valence-electron chi connectivity index (χ4n) is 2.53. The summed E-state index contributed by atoms with van der Waals surface area (Å²) >= 11 is 7.86. The topological polar surface area (TPSA) is 12.0 Å². The molecule has 1 aliphatic rings. The first-order valence-electron chi connectivity index (χ1n) is 6.59. The molecule has 2 aromatic rings. The Kier molecular flexibility index (Phi) is 3.90. The van der Waals surface area contributed by atoms with Gasteiger partial charge in [-0.3, -0.25) is 0 Å². The Morgan fingerprint density at radius 2 is 2.05 bits per heavy atom. The molecule has 0 bridgehead atoms. The van der Waals surface area contributed by atoms with Crippen LogP contribution in [0.25, 0.3) is 0 Å². The third-order valence-corrected chi connectivity index (χ3v) is 5.04. The van der Waals surface area contributed by atoms with Crippen LogP contribution in [0.1, 0.15) is 23.6 Å². The Balaban J connectivity index is 1.96. The molecule has 0 saturated carbocycles. The van der Waals surface area contributed by atoms with Crippen LogP contribution in [-0.2, 0) is 0 Å². The molecule has 0 spiro atoms. The highest BCUT2D eigenvalue weighted by Gasteiger charge is 2.23. The minimum absolute atomic E-state index is 0.112. The molecule has 0 fully saturated rings. The largest absolute Gasteiger partial charge is 0.377 e. The molecule has 104 valence electrons. The Morgan fingerprint density at radius 1 is 1.25 bits per heavy atom. The lowest BCUT2D eigenvalue weighted by atomic mass is 10.0. The smallest absolute Gasteiger partial charge is 0.137 e. The molecule has 3 rings (SSSR count). The van der Waals surface area contributed by atoms with E-state index in [1.165, 1.54) is 6.07 Å². The van der Waals surface area contributed by atoms with Crippen LogP contribution in [0.5, 0.6) is 0 Å². The first kappa shape index (κ1) is 13.8. The zero-order valence-electron chi connectivity index (χ0n) is 11.1. The van der Waals surface area contributed by atoms with Crippen molar-refractivity contribution in [1.82, 2.24) is 0 Å². The number of aryl methyl sites for hydroxylation is 1. The van der Waals surface area contributed by atoms with Gasteiger partial charge in [-0.25, -0.2) is 4.39 Å². The van der Waals surface area contributed by atoms with Crippen molar-refractivity contribution < 1.29 is 4.39 Å². The lowest BCUT2D eigenvalue weighted by Crippen LogP contribution is -2.17. The Bertz CT molecular complexity index is 624. The molecule has 0 radical (unpaired) electrons. The second kappa shape index (κ2) is 5.66. The monoisotopic (exact) mass is 307 g/mol. The number of benzene rings is 2. The van der Waals surface area contributed by atoms with Gasteiger partial charge < -0.3 is 5.32 Å². The van der Waals surface area contributed by atoms with Crippen LogP contribution in [0.15, 0.2) is 41.3 Å². The maximum Gasteiger partial charge on any atom is 0.137 e. The molecule has 0 aromatic heterocycles. The fourth-order valence-corrected chi connectivity index (χ4v) is 3.94. The summed E-state index contributed by atoms with van der Waals surface area (Å²) in [5.74, 6) is 0.782. The van der Waals surface area contributed by atoms with E-state index in [9.17, 15) is 4.39 Å². The highest BCUT2D eigenvalue weighted by atomic mass is 35.5. The predicted molar refractivity (Wildman–Crippen MR) is 84.3 cm³/mol. The molecule has 1 atom stereocenters. The van der Waals surface area contributed by atoms with E-state index in [1.807, 2.05) is 31.2 Å². The van der Waals surface area contributed by atoms with E-state index in [4.69, 9.17) is 11.6 Å². The highest BCUT2D eigenvalue weighted by Crippen LogP contribution is 2.40. The summed E-state index contributed by atoms with van der Waals surface area (Å²) in [7, 11) is 0. The van der Waals surface area contributed by atoms with Crippen LogP contribution >= 0.6 is 23.4 Å². The second-order valence-corrected chi connectivity index (χ2v) is 6.44. The summed E-state index contributed by atoms with van der Waals surface area (Å²) < 4.78 is 13.9. The van der Waals surface area contributed by atoms with Gasteiger partial charge in [0.15, 0.2) is 0 Å². The molecular formula is C16H15ClFNS. The third kappa shape index (κ3) is 2.52. The summed E-state index contributed by atoms with van der Waals surface area (Å²) in [6.07, 6.45) is 0.964. The van der Waals surface area contributed by atoms with Crippen LogP contribution in [0.2, 0.25) is 5.02 Å².